The molecule has 0 aliphatic rings. The molecule has 1 atom stereocenters. The van der Waals surface area contributed by atoms with Crippen LogP contribution in [0.15, 0.2) is 0 Å². The minimum Gasteiger partial charge on any atom is -0.389 e. The zero-order valence-electron chi connectivity index (χ0n) is 11.4. The molecular weight excluding hydrogens is 220 g/mol. The van der Waals surface area contributed by atoms with E-state index in [1.165, 1.54) is 0 Å². The maximum absolute atomic E-state index is 11.3. The summed E-state index contributed by atoms with van der Waals surface area (Å²) in [5, 5.41) is 15.7. The van der Waals surface area contributed by atoms with Gasteiger partial charge < -0.3 is 20.5 Å². The van der Waals surface area contributed by atoms with Gasteiger partial charge in [0, 0.05) is 20.2 Å². The molecule has 102 valence electrons. The largest absolute Gasteiger partial charge is 0.389 e. The summed E-state index contributed by atoms with van der Waals surface area (Å²) in [6.45, 7) is 7.57. The lowest BCUT2D eigenvalue weighted by atomic mass is 9.94. The highest BCUT2D eigenvalue weighted by Gasteiger charge is 2.21. The smallest absolute Gasteiger partial charge is 0.234 e. The van der Waals surface area contributed by atoms with Crippen LogP contribution in [0.5, 0.6) is 0 Å². The van der Waals surface area contributed by atoms with Crippen molar-refractivity contribution in [2.24, 2.45) is 5.92 Å². The van der Waals surface area contributed by atoms with Crippen LogP contribution in [0.4, 0.5) is 0 Å². The first-order valence-electron chi connectivity index (χ1n) is 6.06. The molecule has 1 unspecified atom stereocenters. The topological polar surface area (TPSA) is 70.6 Å². The summed E-state index contributed by atoms with van der Waals surface area (Å²) in [6, 6.07) is 0. The van der Waals surface area contributed by atoms with Crippen molar-refractivity contribution in [3.63, 3.8) is 0 Å². The fraction of sp³-hybridized carbons (Fsp3) is 0.917. The molecule has 17 heavy (non-hydrogen) atoms. The van der Waals surface area contributed by atoms with E-state index >= 15 is 0 Å². The minimum absolute atomic E-state index is 0.0811. The molecule has 0 aromatic carbocycles. The molecule has 3 N–H and O–H groups in total. The van der Waals surface area contributed by atoms with E-state index in [0.717, 1.165) is 0 Å². The van der Waals surface area contributed by atoms with Crippen LogP contribution in [0.3, 0.4) is 0 Å². The van der Waals surface area contributed by atoms with Crippen LogP contribution in [-0.2, 0) is 9.53 Å². The van der Waals surface area contributed by atoms with Gasteiger partial charge in [0.05, 0.1) is 18.8 Å². The second-order valence-corrected chi connectivity index (χ2v) is 5.04. The number of aliphatic hydroxyl groups is 1. The molecule has 0 heterocycles. The first-order valence-corrected chi connectivity index (χ1v) is 6.06. The molecule has 0 radical (unpaired) electrons. The van der Waals surface area contributed by atoms with E-state index in [1.54, 1.807) is 14.0 Å². The Hall–Kier alpha value is -0.650. The zero-order valence-corrected chi connectivity index (χ0v) is 11.4. The molecule has 0 aliphatic carbocycles. The number of amides is 1. The number of carbonyl (C=O) groups excluding carboxylic acids is 1. The fourth-order valence-electron chi connectivity index (χ4n) is 1.75. The quantitative estimate of drug-likeness (QED) is 0.506. The first kappa shape index (κ1) is 16.4. The van der Waals surface area contributed by atoms with Gasteiger partial charge in [0.15, 0.2) is 0 Å². The average molecular weight is 246 g/mol. The van der Waals surface area contributed by atoms with Crippen LogP contribution >= 0.6 is 0 Å². The van der Waals surface area contributed by atoms with Gasteiger partial charge >= 0.3 is 0 Å². The summed E-state index contributed by atoms with van der Waals surface area (Å²) in [7, 11) is 1.59. The summed E-state index contributed by atoms with van der Waals surface area (Å²) < 4.78 is 4.82. The van der Waals surface area contributed by atoms with Crippen molar-refractivity contribution in [1.82, 2.24) is 10.6 Å². The molecule has 0 aliphatic heterocycles. The van der Waals surface area contributed by atoms with E-state index in [-0.39, 0.29) is 12.5 Å². The maximum atomic E-state index is 11.3. The fourth-order valence-corrected chi connectivity index (χ4v) is 1.75. The number of carbonyl (C=O) groups is 1. The molecule has 0 aromatic heterocycles. The Morgan fingerprint density at radius 2 is 2.12 bits per heavy atom. The van der Waals surface area contributed by atoms with Crippen molar-refractivity contribution < 1.29 is 14.6 Å². The van der Waals surface area contributed by atoms with Gasteiger partial charge in [-0.05, 0) is 19.3 Å². The summed E-state index contributed by atoms with van der Waals surface area (Å²) in [4.78, 5) is 11.3. The average Bonchev–Trinajstić information content (AvgIpc) is 2.15. The number of methoxy groups -OCH3 is 1. The van der Waals surface area contributed by atoms with Crippen molar-refractivity contribution >= 4 is 5.91 Å². The summed E-state index contributed by atoms with van der Waals surface area (Å²) >= 11 is 0. The molecule has 0 aromatic rings. The van der Waals surface area contributed by atoms with Crippen LogP contribution in [-0.4, -0.2) is 50.0 Å². The third kappa shape index (κ3) is 10.2. The van der Waals surface area contributed by atoms with Crippen LogP contribution in [0.25, 0.3) is 0 Å². The third-order valence-electron chi connectivity index (χ3n) is 2.27. The standard InChI is InChI=1S/C12H26N2O3/c1-10(2)7-12(3,16)9-13-8-11(15)14-5-6-17-4/h10,13,16H,5-9H2,1-4H3,(H,14,15). The van der Waals surface area contributed by atoms with Gasteiger partial charge in [0.25, 0.3) is 0 Å². The number of nitrogens with one attached hydrogen (secondary N) is 2. The Morgan fingerprint density at radius 1 is 1.47 bits per heavy atom. The maximum Gasteiger partial charge on any atom is 0.234 e. The number of ether oxygens (including phenoxy) is 1. The summed E-state index contributed by atoms with van der Waals surface area (Å²) in [6.07, 6.45) is 0.714. The van der Waals surface area contributed by atoms with Gasteiger partial charge in [0.2, 0.25) is 5.91 Å². The lowest BCUT2D eigenvalue weighted by molar-refractivity contribution is -0.120. The van der Waals surface area contributed by atoms with Crippen LogP contribution in [0, 0.1) is 5.92 Å². The van der Waals surface area contributed by atoms with Crippen molar-refractivity contribution in [3.05, 3.63) is 0 Å². The lowest BCUT2D eigenvalue weighted by Gasteiger charge is -2.25. The molecule has 0 bridgehead atoms. The molecule has 0 rings (SSSR count). The Morgan fingerprint density at radius 3 is 2.65 bits per heavy atom. The van der Waals surface area contributed by atoms with E-state index in [4.69, 9.17) is 4.74 Å². The number of hydrogen-bond acceptors (Lipinski definition) is 4. The second-order valence-electron chi connectivity index (χ2n) is 5.04. The monoisotopic (exact) mass is 246 g/mol. The van der Waals surface area contributed by atoms with E-state index in [9.17, 15) is 9.90 Å². The number of hydrogen-bond donors (Lipinski definition) is 3. The highest BCUT2D eigenvalue weighted by Crippen LogP contribution is 2.14. The summed E-state index contributed by atoms with van der Waals surface area (Å²) in [5.74, 6) is 0.352. The molecule has 5 heteroatoms. The predicted molar refractivity (Wildman–Crippen MR) is 67.8 cm³/mol. The molecule has 1 amide bonds. The molecular formula is C12H26N2O3. The first-order chi connectivity index (χ1) is 7.87. The molecule has 0 fully saturated rings. The molecule has 0 spiro atoms. The van der Waals surface area contributed by atoms with Crippen LogP contribution in [0.1, 0.15) is 27.2 Å². The van der Waals surface area contributed by atoms with Crippen LogP contribution < -0.4 is 10.6 Å². The van der Waals surface area contributed by atoms with Crippen molar-refractivity contribution in [2.45, 2.75) is 32.8 Å². The SMILES string of the molecule is COCCNC(=O)CNCC(C)(O)CC(C)C. The Bertz CT molecular complexity index is 218. The highest BCUT2D eigenvalue weighted by molar-refractivity contribution is 5.77. The Labute approximate surface area is 104 Å². The Kier molecular flexibility index (Phi) is 8.12. The van der Waals surface area contributed by atoms with E-state index in [1.807, 2.05) is 0 Å². The summed E-state index contributed by atoms with van der Waals surface area (Å²) in [5.41, 5.74) is -0.763. The minimum atomic E-state index is -0.763. The number of rotatable bonds is 9. The second kappa shape index (κ2) is 8.44. The Balaban J connectivity index is 3.64. The van der Waals surface area contributed by atoms with E-state index in [2.05, 4.69) is 24.5 Å². The third-order valence-corrected chi connectivity index (χ3v) is 2.27. The van der Waals surface area contributed by atoms with E-state index in [0.29, 0.717) is 32.0 Å². The van der Waals surface area contributed by atoms with Gasteiger partial charge in [-0.25, -0.2) is 0 Å². The van der Waals surface area contributed by atoms with Crippen molar-refractivity contribution in [1.29, 1.82) is 0 Å². The molecule has 5 nitrogen and oxygen atoms in total. The van der Waals surface area contributed by atoms with Gasteiger partial charge in [-0.1, -0.05) is 13.8 Å². The van der Waals surface area contributed by atoms with E-state index < -0.39 is 5.60 Å². The normalized spacial score (nSPS) is 14.7. The predicted octanol–water partition coefficient (Wildman–Crippen LogP) is 0.136. The molecule has 0 saturated carbocycles. The van der Waals surface area contributed by atoms with Crippen molar-refractivity contribution in [2.75, 3.05) is 33.4 Å². The van der Waals surface area contributed by atoms with Gasteiger partial charge in [-0.2, -0.15) is 0 Å². The van der Waals surface area contributed by atoms with Crippen molar-refractivity contribution in [3.8, 4) is 0 Å². The lowest BCUT2D eigenvalue weighted by Crippen LogP contribution is -2.43. The van der Waals surface area contributed by atoms with Gasteiger partial charge in [-0.3, -0.25) is 4.79 Å². The van der Waals surface area contributed by atoms with Crippen LogP contribution in [0.2, 0.25) is 0 Å². The highest BCUT2D eigenvalue weighted by atomic mass is 16.5. The van der Waals surface area contributed by atoms with Gasteiger partial charge in [0.1, 0.15) is 0 Å². The van der Waals surface area contributed by atoms with Gasteiger partial charge in [-0.15, -0.1) is 0 Å². The zero-order chi connectivity index (χ0) is 13.3. The molecule has 0 saturated heterocycles.